The number of aromatic nitrogens is 1. The summed E-state index contributed by atoms with van der Waals surface area (Å²) in [5, 5.41) is 4.96. The first-order chi connectivity index (χ1) is 12.1. The number of thiophene rings is 1. The number of carbonyl (C=O) groups excluding carboxylic acids is 1. The average molecular weight is 356 g/mol. The van der Waals surface area contributed by atoms with Gasteiger partial charge in [-0.25, -0.2) is 4.98 Å². The average Bonchev–Trinajstić information content (AvgIpc) is 3.08. The van der Waals surface area contributed by atoms with Crippen LogP contribution in [-0.4, -0.2) is 42.0 Å². The van der Waals surface area contributed by atoms with Crippen LogP contribution < -0.4 is 10.2 Å². The van der Waals surface area contributed by atoms with E-state index >= 15 is 0 Å². The number of carbonyl (C=O) groups is 1. The molecule has 2 aromatic rings. The van der Waals surface area contributed by atoms with Gasteiger partial charge in [0.15, 0.2) is 0 Å². The van der Waals surface area contributed by atoms with Crippen molar-refractivity contribution < 1.29 is 4.79 Å². The highest BCUT2D eigenvalue weighted by molar-refractivity contribution is 7.09. The Bertz CT molecular complexity index is 712. The van der Waals surface area contributed by atoms with E-state index in [1.165, 1.54) is 4.88 Å². The maximum absolute atomic E-state index is 11.7. The Kier molecular flexibility index (Phi) is 5.83. The van der Waals surface area contributed by atoms with Crippen molar-refractivity contribution in [1.29, 1.82) is 0 Å². The molecule has 1 aliphatic rings. The zero-order valence-electron chi connectivity index (χ0n) is 14.7. The van der Waals surface area contributed by atoms with E-state index in [-0.39, 0.29) is 5.91 Å². The molecular weight excluding hydrogens is 332 g/mol. The van der Waals surface area contributed by atoms with Gasteiger partial charge < -0.3 is 10.2 Å². The summed E-state index contributed by atoms with van der Waals surface area (Å²) < 4.78 is 0. The third-order valence-corrected chi connectivity index (χ3v) is 4.95. The second kappa shape index (κ2) is 8.27. The molecule has 0 unspecified atom stereocenters. The van der Waals surface area contributed by atoms with E-state index < -0.39 is 0 Å². The molecule has 25 heavy (non-hydrogen) atoms. The standard InChI is InChI=1S/C19H24N4OS/c1-15(2)12-19(24)21-16-5-6-18(20-13-16)23-9-7-22(8-10-23)14-17-4-3-11-25-17/h3-6,11-13H,7-10,14H2,1-2H3,(H,21,24). The number of rotatable bonds is 5. The maximum Gasteiger partial charge on any atom is 0.248 e. The van der Waals surface area contributed by atoms with Crippen molar-refractivity contribution in [2.75, 3.05) is 36.4 Å². The van der Waals surface area contributed by atoms with Gasteiger partial charge in [-0.15, -0.1) is 11.3 Å². The van der Waals surface area contributed by atoms with Crippen LogP contribution in [0.15, 0.2) is 47.5 Å². The smallest absolute Gasteiger partial charge is 0.248 e. The van der Waals surface area contributed by atoms with Crippen molar-refractivity contribution in [3.8, 4) is 0 Å². The number of allylic oxidation sites excluding steroid dienone is 1. The predicted molar refractivity (Wildman–Crippen MR) is 104 cm³/mol. The van der Waals surface area contributed by atoms with Crippen molar-refractivity contribution in [2.45, 2.75) is 20.4 Å². The van der Waals surface area contributed by atoms with Gasteiger partial charge in [-0.05, 0) is 37.4 Å². The Hall–Kier alpha value is -2.18. The predicted octanol–water partition coefficient (Wildman–Crippen LogP) is 3.37. The Morgan fingerprint density at radius 2 is 2.04 bits per heavy atom. The fourth-order valence-corrected chi connectivity index (χ4v) is 3.59. The molecule has 0 atom stereocenters. The summed E-state index contributed by atoms with van der Waals surface area (Å²) in [6.45, 7) is 8.87. The minimum absolute atomic E-state index is 0.114. The van der Waals surface area contributed by atoms with E-state index in [9.17, 15) is 4.79 Å². The van der Waals surface area contributed by atoms with Crippen LogP contribution in [0.5, 0.6) is 0 Å². The Morgan fingerprint density at radius 3 is 2.64 bits per heavy atom. The number of hydrogen-bond acceptors (Lipinski definition) is 5. The van der Waals surface area contributed by atoms with Crippen molar-refractivity contribution >= 4 is 28.7 Å². The highest BCUT2D eigenvalue weighted by Gasteiger charge is 2.18. The summed E-state index contributed by atoms with van der Waals surface area (Å²) in [7, 11) is 0. The van der Waals surface area contributed by atoms with Crippen LogP contribution in [0.2, 0.25) is 0 Å². The summed E-state index contributed by atoms with van der Waals surface area (Å²) in [4.78, 5) is 22.5. The Morgan fingerprint density at radius 1 is 1.24 bits per heavy atom. The number of piperazine rings is 1. The van der Waals surface area contributed by atoms with Crippen LogP contribution in [0.1, 0.15) is 18.7 Å². The van der Waals surface area contributed by atoms with Crippen LogP contribution in [0.4, 0.5) is 11.5 Å². The topological polar surface area (TPSA) is 48.5 Å². The molecule has 3 heterocycles. The summed E-state index contributed by atoms with van der Waals surface area (Å²) in [6, 6.07) is 8.20. The molecule has 1 saturated heterocycles. The summed E-state index contributed by atoms with van der Waals surface area (Å²) in [5.41, 5.74) is 1.70. The van der Waals surface area contributed by atoms with Crippen LogP contribution in [-0.2, 0) is 11.3 Å². The van der Waals surface area contributed by atoms with E-state index in [2.05, 4.69) is 37.6 Å². The SMILES string of the molecule is CC(C)=CC(=O)Nc1ccc(N2CCN(Cc3cccs3)CC2)nc1. The summed E-state index contributed by atoms with van der Waals surface area (Å²) in [5.74, 6) is 0.854. The highest BCUT2D eigenvalue weighted by Crippen LogP contribution is 2.18. The first-order valence-electron chi connectivity index (χ1n) is 8.52. The minimum atomic E-state index is -0.114. The monoisotopic (exact) mass is 356 g/mol. The normalized spacial score (nSPS) is 15.0. The molecule has 132 valence electrons. The zero-order valence-corrected chi connectivity index (χ0v) is 15.6. The van der Waals surface area contributed by atoms with Crippen LogP contribution >= 0.6 is 11.3 Å². The van der Waals surface area contributed by atoms with Crippen molar-refractivity contribution in [3.63, 3.8) is 0 Å². The van der Waals surface area contributed by atoms with Gasteiger partial charge in [-0.1, -0.05) is 11.6 Å². The molecule has 6 heteroatoms. The quantitative estimate of drug-likeness (QED) is 0.835. The first kappa shape index (κ1) is 17.6. The highest BCUT2D eigenvalue weighted by atomic mass is 32.1. The van der Waals surface area contributed by atoms with E-state index in [1.54, 1.807) is 12.3 Å². The summed E-state index contributed by atoms with van der Waals surface area (Å²) in [6.07, 6.45) is 3.31. The lowest BCUT2D eigenvalue weighted by Crippen LogP contribution is -2.46. The van der Waals surface area contributed by atoms with Gasteiger partial charge >= 0.3 is 0 Å². The van der Waals surface area contributed by atoms with Crippen LogP contribution in [0.3, 0.4) is 0 Å². The van der Waals surface area contributed by atoms with Crippen LogP contribution in [0, 0.1) is 0 Å². The molecular formula is C19H24N4OS. The van der Waals surface area contributed by atoms with Crippen molar-refractivity contribution in [3.05, 3.63) is 52.4 Å². The molecule has 1 fully saturated rings. The number of nitrogens with zero attached hydrogens (tertiary/aromatic N) is 3. The lowest BCUT2D eigenvalue weighted by Gasteiger charge is -2.35. The molecule has 0 saturated carbocycles. The fourth-order valence-electron chi connectivity index (χ4n) is 2.85. The van der Waals surface area contributed by atoms with E-state index in [0.717, 1.165) is 49.8 Å². The molecule has 2 aromatic heterocycles. The van der Waals surface area contributed by atoms with Crippen LogP contribution in [0.25, 0.3) is 0 Å². The number of pyridine rings is 1. The van der Waals surface area contributed by atoms with Gasteiger partial charge in [0.2, 0.25) is 5.91 Å². The molecule has 0 radical (unpaired) electrons. The molecule has 5 nitrogen and oxygen atoms in total. The molecule has 1 aliphatic heterocycles. The largest absolute Gasteiger partial charge is 0.354 e. The third-order valence-electron chi connectivity index (χ3n) is 4.09. The van der Waals surface area contributed by atoms with Gasteiger partial charge in [0, 0.05) is 43.7 Å². The minimum Gasteiger partial charge on any atom is -0.354 e. The van der Waals surface area contributed by atoms with Gasteiger partial charge in [-0.2, -0.15) is 0 Å². The van der Waals surface area contributed by atoms with Gasteiger partial charge in [0.1, 0.15) is 5.82 Å². The van der Waals surface area contributed by atoms with E-state index in [1.807, 2.05) is 37.3 Å². The number of anilines is 2. The van der Waals surface area contributed by atoms with E-state index in [4.69, 9.17) is 0 Å². The Balaban J connectivity index is 1.51. The maximum atomic E-state index is 11.7. The van der Waals surface area contributed by atoms with E-state index in [0.29, 0.717) is 0 Å². The molecule has 0 aromatic carbocycles. The van der Waals surface area contributed by atoms with Gasteiger partial charge in [0.25, 0.3) is 0 Å². The molecule has 1 N–H and O–H groups in total. The number of hydrogen-bond donors (Lipinski definition) is 1. The third kappa shape index (κ3) is 5.14. The number of nitrogens with one attached hydrogen (secondary N) is 1. The molecule has 0 bridgehead atoms. The fraction of sp³-hybridized carbons (Fsp3) is 0.368. The zero-order chi connectivity index (χ0) is 17.6. The van der Waals surface area contributed by atoms with Crippen molar-refractivity contribution in [1.82, 2.24) is 9.88 Å². The first-order valence-corrected chi connectivity index (χ1v) is 9.40. The molecule has 0 aliphatic carbocycles. The second-order valence-electron chi connectivity index (χ2n) is 6.46. The second-order valence-corrected chi connectivity index (χ2v) is 7.49. The lowest BCUT2D eigenvalue weighted by molar-refractivity contribution is -0.111. The molecule has 1 amide bonds. The Labute approximate surface area is 153 Å². The van der Waals surface area contributed by atoms with Gasteiger partial charge in [-0.3, -0.25) is 9.69 Å². The molecule has 0 spiro atoms. The number of amides is 1. The van der Waals surface area contributed by atoms with Crippen molar-refractivity contribution in [2.24, 2.45) is 0 Å². The lowest BCUT2D eigenvalue weighted by atomic mass is 10.3. The summed E-state index contributed by atoms with van der Waals surface area (Å²) >= 11 is 1.82. The van der Waals surface area contributed by atoms with Gasteiger partial charge in [0.05, 0.1) is 11.9 Å². The molecule has 3 rings (SSSR count).